The van der Waals surface area contributed by atoms with E-state index in [4.69, 9.17) is 0 Å². The minimum atomic E-state index is -4.57. The van der Waals surface area contributed by atoms with E-state index in [0.29, 0.717) is 0 Å². The van der Waals surface area contributed by atoms with Crippen LogP contribution in [0.25, 0.3) is 0 Å². The van der Waals surface area contributed by atoms with Crippen molar-refractivity contribution in [3.63, 3.8) is 0 Å². The maximum absolute atomic E-state index is 12.8. The van der Waals surface area contributed by atoms with Crippen molar-refractivity contribution in [2.24, 2.45) is 0 Å². The molecule has 0 aliphatic rings. The van der Waals surface area contributed by atoms with E-state index < -0.39 is 48.7 Å². The van der Waals surface area contributed by atoms with Crippen LogP contribution in [0, 0.1) is 20.8 Å². The van der Waals surface area contributed by atoms with Crippen LogP contribution in [0.15, 0.2) is 9.59 Å². The number of hydrogen-bond donors (Lipinski definition) is 4. The third-order valence-electron chi connectivity index (χ3n) is 5.80. The van der Waals surface area contributed by atoms with E-state index in [1.165, 1.54) is 20.8 Å². The summed E-state index contributed by atoms with van der Waals surface area (Å²) < 4.78 is 66.1. The molecule has 0 aromatic carbocycles. The van der Waals surface area contributed by atoms with E-state index in [2.05, 4.69) is 0 Å². The average molecular weight is 521 g/mol. The molecule has 0 aliphatic carbocycles. The van der Waals surface area contributed by atoms with Crippen LogP contribution in [0.5, 0.6) is 11.8 Å². The summed E-state index contributed by atoms with van der Waals surface area (Å²) in [6, 6.07) is 0. The van der Waals surface area contributed by atoms with Crippen molar-refractivity contribution >= 4 is 20.2 Å². The predicted molar refractivity (Wildman–Crippen MR) is 123 cm³/mol. The molecule has 0 saturated carbocycles. The van der Waals surface area contributed by atoms with Crippen molar-refractivity contribution in [1.29, 1.82) is 0 Å². The molecule has 2 aromatic rings. The van der Waals surface area contributed by atoms with Gasteiger partial charge in [-0.25, -0.2) is 0 Å². The fourth-order valence-electron chi connectivity index (χ4n) is 3.90. The van der Waals surface area contributed by atoms with Crippen LogP contribution in [0.2, 0.25) is 0 Å². The zero-order chi connectivity index (χ0) is 26.2. The van der Waals surface area contributed by atoms with Crippen LogP contribution in [0.1, 0.15) is 46.7 Å². The summed E-state index contributed by atoms with van der Waals surface area (Å²) in [6.45, 7) is 5.90. The van der Waals surface area contributed by atoms with E-state index in [1.807, 2.05) is 0 Å². The van der Waals surface area contributed by atoms with E-state index in [1.54, 1.807) is 6.92 Å². The largest absolute Gasteiger partial charge is 0.494 e. The van der Waals surface area contributed by atoms with Gasteiger partial charge in [-0.2, -0.15) is 16.8 Å². The summed E-state index contributed by atoms with van der Waals surface area (Å²) in [6.07, 6.45) is 0.0755. The van der Waals surface area contributed by atoms with Gasteiger partial charge < -0.3 is 10.2 Å². The molecule has 0 radical (unpaired) electrons. The quantitative estimate of drug-likeness (QED) is 0.343. The Bertz CT molecular complexity index is 1450. The van der Waals surface area contributed by atoms with Crippen LogP contribution in [0.4, 0.5) is 0 Å². The Labute approximate surface area is 196 Å². The second kappa shape index (κ2) is 9.90. The molecule has 0 aliphatic heterocycles. The highest BCUT2D eigenvalue weighted by atomic mass is 32.2. The second-order valence-corrected chi connectivity index (χ2v) is 10.9. The number of rotatable bonds is 9. The van der Waals surface area contributed by atoms with E-state index >= 15 is 0 Å². The molecule has 0 amide bonds. The van der Waals surface area contributed by atoms with Crippen molar-refractivity contribution in [2.75, 3.05) is 0 Å². The normalized spacial score (nSPS) is 12.3. The van der Waals surface area contributed by atoms with Crippen LogP contribution in [0.3, 0.4) is 0 Å². The lowest BCUT2D eigenvalue weighted by Gasteiger charge is -2.18. The van der Waals surface area contributed by atoms with Gasteiger partial charge in [0.2, 0.25) is 0 Å². The molecule has 0 saturated heterocycles. The summed E-state index contributed by atoms with van der Waals surface area (Å²) in [5.41, 5.74) is -1.16. The second-order valence-electron chi connectivity index (χ2n) is 8.02. The van der Waals surface area contributed by atoms with Crippen molar-refractivity contribution in [1.82, 2.24) is 9.13 Å². The summed E-state index contributed by atoms with van der Waals surface area (Å²) in [5, 5.41) is 20.8. The Kier molecular flexibility index (Phi) is 8.02. The van der Waals surface area contributed by atoms with E-state index in [0.717, 1.165) is 9.13 Å². The van der Waals surface area contributed by atoms with Gasteiger partial charge in [0.25, 0.3) is 31.4 Å². The van der Waals surface area contributed by atoms with Gasteiger partial charge in [0, 0.05) is 35.3 Å². The topological polar surface area (TPSA) is 193 Å². The Morgan fingerprint density at radius 2 is 1.18 bits per heavy atom. The van der Waals surface area contributed by atoms with Crippen LogP contribution < -0.4 is 11.1 Å². The molecular weight excluding hydrogens is 492 g/mol. The van der Waals surface area contributed by atoms with Gasteiger partial charge in [-0.15, -0.1) is 0 Å². The summed E-state index contributed by atoms with van der Waals surface area (Å²) in [7, 11) is -9.09. The molecular formula is C20H28N2O10S2. The van der Waals surface area contributed by atoms with E-state index in [-0.39, 0.29) is 65.2 Å². The van der Waals surface area contributed by atoms with Crippen LogP contribution >= 0.6 is 0 Å². The maximum Gasteiger partial charge on any atom is 0.269 e. The highest BCUT2D eigenvalue weighted by Crippen LogP contribution is 2.25. The van der Waals surface area contributed by atoms with Crippen LogP contribution in [-0.2, 0) is 51.3 Å². The zero-order valence-corrected chi connectivity index (χ0v) is 20.8. The Hall–Kier alpha value is -2.68. The smallest absolute Gasteiger partial charge is 0.269 e. The molecule has 0 bridgehead atoms. The fraction of sp³-hybridized carbons (Fsp3) is 0.500. The monoisotopic (exact) mass is 520 g/mol. The molecule has 34 heavy (non-hydrogen) atoms. The molecule has 0 fully saturated rings. The van der Waals surface area contributed by atoms with Gasteiger partial charge >= 0.3 is 0 Å². The van der Waals surface area contributed by atoms with Crippen molar-refractivity contribution in [3.05, 3.63) is 54.1 Å². The lowest BCUT2D eigenvalue weighted by molar-refractivity contribution is 0.394. The third kappa shape index (κ3) is 5.87. The molecule has 0 spiro atoms. The first kappa shape index (κ1) is 27.6. The lowest BCUT2D eigenvalue weighted by atomic mass is 10.00. The standard InChI is InChI=1S/C20H28N2O10S2/c1-5-21-18(24)13(4)14(16(20(21)26)10-34(30,31)32)7-6-8-22-17(23)12(3)11(2)15(19(22)25)9-33(27,28)29/h23-24H,5-10H2,1-4H3,(H,27,28,29)(H,30,31,32). The van der Waals surface area contributed by atoms with Crippen molar-refractivity contribution in [2.45, 2.75) is 65.1 Å². The van der Waals surface area contributed by atoms with Crippen molar-refractivity contribution < 1.29 is 36.2 Å². The Morgan fingerprint density at radius 1 is 0.706 bits per heavy atom. The number of aromatic hydroxyl groups is 2. The predicted octanol–water partition coefficient (Wildman–Crippen LogP) is 0.775. The van der Waals surface area contributed by atoms with Gasteiger partial charge in [0.05, 0.1) is 0 Å². The van der Waals surface area contributed by atoms with E-state index in [9.17, 15) is 45.7 Å². The van der Waals surface area contributed by atoms with Crippen LogP contribution in [-0.4, -0.2) is 45.3 Å². The van der Waals surface area contributed by atoms with Gasteiger partial charge in [-0.1, -0.05) is 0 Å². The molecule has 2 rings (SSSR count). The molecule has 190 valence electrons. The van der Waals surface area contributed by atoms with Gasteiger partial charge in [-0.05, 0) is 51.7 Å². The number of nitrogens with zero attached hydrogens (tertiary/aromatic N) is 2. The lowest BCUT2D eigenvalue weighted by Crippen LogP contribution is -2.29. The summed E-state index contributed by atoms with van der Waals surface area (Å²) in [4.78, 5) is 25.5. The molecule has 0 atom stereocenters. The van der Waals surface area contributed by atoms with Gasteiger partial charge in [0.1, 0.15) is 11.5 Å². The molecule has 0 unspecified atom stereocenters. The first-order valence-electron chi connectivity index (χ1n) is 10.3. The third-order valence-corrected chi connectivity index (χ3v) is 7.11. The number of aromatic nitrogens is 2. The van der Waals surface area contributed by atoms with Gasteiger partial charge in [0.15, 0.2) is 11.8 Å². The summed E-state index contributed by atoms with van der Waals surface area (Å²) in [5.74, 6) is -2.65. The molecule has 12 nitrogen and oxygen atoms in total. The highest BCUT2D eigenvalue weighted by molar-refractivity contribution is 7.85. The Balaban J connectivity index is 2.52. The fourth-order valence-corrected chi connectivity index (χ4v) is 5.27. The SMILES string of the molecule is CCn1c(O)c(C)c(CCCn2c(O)c(C)c(C)c(CS(=O)(=O)O)c2=O)c(CS(=O)(=O)O)c1=O. The minimum absolute atomic E-state index is 0.00350. The first-order valence-corrected chi connectivity index (χ1v) is 13.5. The highest BCUT2D eigenvalue weighted by Gasteiger charge is 2.23. The molecule has 4 N–H and O–H groups in total. The summed E-state index contributed by atoms with van der Waals surface area (Å²) >= 11 is 0. The first-order chi connectivity index (χ1) is 15.5. The average Bonchev–Trinajstić information content (AvgIpc) is 2.71. The zero-order valence-electron chi connectivity index (χ0n) is 19.2. The maximum atomic E-state index is 12.8. The number of pyridine rings is 2. The van der Waals surface area contributed by atoms with Gasteiger partial charge in [-0.3, -0.25) is 27.8 Å². The molecule has 14 heteroatoms. The molecule has 2 aromatic heterocycles. The molecule has 2 heterocycles. The Morgan fingerprint density at radius 3 is 1.68 bits per heavy atom. The minimum Gasteiger partial charge on any atom is -0.494 e. The van der Waals surface area contributed by atoms with Crippen molar-refractivity contribution in [3.8, 4) is 11.8 Å². The number of hydrogen-bond acceptors (Lipinski definition) is 8.